The standard InChI is InChI=1S/C20H26N6O/c1-4-21-18-11-14(2)24-20(25-18)23-10-9-22-19(27)12-15-13-26(3)17-8-6-5-7-16(15)17/h5-8,11,13H,4,9-10,12H2,1-3H3,(H,22,27)(H2,21,23,24,25). The minimum atomic E-state index is 0.00616. The minimum absolute atomic E-state index is 0.00616. The molecule has 3 rings (SSSR count). The lowest BCUT2D eigenvalue weighted by atomic mass is 10.1. The maximum atomic E-state index is 12.3. The van der Waals surface area contributed by atoms with Crippen molar-refractivity contribution in [3.05, 3.63) is 47.8 Å². The van der Waals surface area contributed by atoms with E-state index in [1.165, 1.54) is 0 Å². The summed E-state index contributed by atoms with van der Waals surface area (Å²) in [6.07, 6.45) is 2.39. The van der Waals surface area contributed by atoms with Gasteiger partial charge in [-0.15, -0.1) is 0 Å². The topological polar surface area (TPSA) is 83.9 Å². The third kappa shape index (κ3) is 4.75. The Hall–Kier alpha value is -3.09. The molecule has 0 aliphatic rings. The summed E-state index contributed by atoms with van der Waals surface area (Å²) < 4.78 is 2.05. The van der Waals surface area contributed by atoms with Crippen LogP contribution in [0.5, 0.6) is 0 Å². The molecule has 0 atom stereocenters. The average Bonchev–Trinajstić information content (AvgIpc) is 2.95. The lowest BCUT2D eigenvalue weighted by Gasteiger charge is -2.09. The number of amides is 1. The van der Waals surface area contributed by atoms with Gasteiger partial charge in [0.2, 0.25) is 11.9 Å². The largest absolute Gasteiger partial charge is 0.370 e. The molecule has 0 aliphatic heterocycles. The lowest BCUT2D eigenvalue weighted by Crippen LogP contribution is -2.30. The maximum Gasteiger partial charge on any atom is 0.224 e. The van der Waals surface area contributed by atoms with E-state index in [1.807, 2.05) is 45.3 Å². The van der Waals surface area contributed by atoms with Crippen molar-refractivity contribution in [3.8, 4) is 0 Å². The van der Waals surface area contributed by atoms with Gasteiger partial charge in [0.15, 0.2) is 0 Å². The fraction of sp³-hybridized carbons (Fsp3) is 0.350. The lowest BCUT2D eigenvalue weighted by molar-refractivity contribution is -0.120. The molecule has 0 spiro atoms. The van der Waals surface area contributed by atoms with Gasteiger partial charge in [-0.3, -0.25) is 4.79 Å². The van der Waals surface area contributed by atoms with Gasteiger partial charge in [0.25, 0.3) is 0 Å². The number of rotatable bonds is 8. The van der Waals surface area contributed by atoms with Crippen LogP contribution in [-0.2, 0) is 18.3 Å². The molecule has 0 fully saturated rings. The van der Waals surface area contributed by atoms with Crippen LogP contribution in [0, 0.1) is 6.92 Å². The molecule has 1 aromatic carbocycles. The van der Waals surface area contributed by atoms with Gasteiger partial charge in [-0.05, 0) is 25.5 Å². The highest BCUT2D eigenvalue weighted by molar-refractivity contribution is 5.89. The molecular weight excluding hydrogens is 340 g/mol. The first-order chi connectivity index (χ1) is 13.1. The van der Waals surface area contributed by atoms with E-state index in [9.17, 15) is 4.79 Å². The van der Waals surface area contributed by atoms with Crippen LogP contribution in [0.1, 0.15) is 18.2 Å². The Balaban J connectivity index is 1.50. The summed E-state index contributed by atoms with van der Waals surface area (Å²) in [5.41, 5.74) is 3.06. The molecule has 0 radical (unpaired) electrons. The molecule has 142 valence electrons. The fourth-order valence-corrected chi connectivity index (χ4v) is 3.10. The third-order valence-electron chi connectivity index (χ3n) is 4.27. The second kappa shape index (κ2) is 8.53. The third-order valence-corrected chi connectivity index (χ3v) is 4.27. The number of benzene rings is 1. The highest BCUT2D eigenvalue weighted by atomic mass is 16.1. The maximum absolute atomic E-state index is 12.3. The second-order valence-electron chi connectivity index (χ2n) is 6.48. The van der Waals surface area contributed by atoms with Crippen molar-refractivity contribution in [2.45, 2.75) is 20.3 Å². The number of nitrogens with one attached hydrogen (secondary N) is 3. The van der Waals surface area contributed by atoms with Crippen molar-refractivity contribution in [2.75, 3.05) is 30.3 Å². The Labute approximate surface area is 159 Å². The molecule has 2 aromatic heterocycles. The van der Waals surface area contributed by atoms with E-state index in [0.29, 0.717) is 25.5 Å². The van der Waals surface area contributed by atoms with Gasteiger partial charge >= 0.3 is 0 Å². The molecular formula is C20H26N6O. The normalized spacial score (nSPS) is 10.8. The van der Waals surface area contributed by atoms with E-state index >= 15 is 0 Å². The van der Waals surface area contributed by atoms with Gasteiger partial charge in [0, 0.05) is 55.5 Å². The number of fused-ring (bicyclic) bond motifs is 1. The molecule has 3 N–H and O–H groups in total. The quantitative estimate of drug-likeness (QED) is 0.534. The number of nitrogens with zero attached hydrogens (tertiary/aromatic N) is 3. The zero-order valence-electron chi connectivity index (χ0n) is 16.0. The minimum Gasteiger partial charge on any atom is -0.370 e. The number of para-hydroxylation sites is 1. The smallest absolute Gasteiger partial charge is 0.224 e. The second-order valence-corrected chi connectivity index (χ2v) is 6.48. The Morgan fingerprint density at radius 2 is 1.96 bits per heavy atom. The number of carbonyl (C=O) groups excluding carboxylic acids is 1. The van der Waals surface area contributed by atoms with Crippen LogP contribution in [0.3, 0.4) is 0 Å². The van der Waals surface area contributed by atoms with Gasteiger partial charge in [0.1, 0.15) is 5.82 Å². The summed E-state index contributed by atoms with van der Waals surface area (Å²) in [7, 11) is 2.00. The van der Waals surface area contributed by atoms with E-state index in [-0.39, 0.29) is 5.91 Å². The highest BCUT2D eigenvalue weighted by Crippen LogP contribution is 2.20. The van der Waals surface area contributed by atoms with E-state index in [2.05, 4.69) is 42.6 Å². The molecule has 7 heteroatoms. The Morgan fingerprint density at radius 1 is 1.15 bits per heavy atom. The van der Waals surface area contributed by atoms with Crippen LogP contribution in [0.15, 0.2) is 36.5 Å². The predicted molar refractivity (Wildman–Crippen MR) is 109 cm³/mol. The van der Waals surface area contributed by atoms with Gasteiger partial charge in [-0.25, -0.2) is 4.98 Å². The van der Waals surface area contributed by atoms with E-state index in [1.54, 1.807) is 0 Å². The summed E-state index contributed by atoms with van der Waals surface area (Å²) in [5, 5.41) is 10.4. The van der Waals surface area contributed by atoms with Crippen molar-refractivity contribution >= 4 is 28.6 Å². The monoisotopic (exact) mass is 366 g/mol. The van der Waals surface area contributed by atoms with Crippen LogP contribution in [-0.4, -0.2) is 40.1 Å². The van der Waals surface area contributed by atoms with Crippen LogP contribution >= 0.6 is 0 Å². The van der Waals surface area contributed by atoms with Crippen molar-refractivity contribution in [3.63, 3.8) is 0 Å². The fourth-order valence-electron chi connectivity index (χ4n) is 3.10. The van der Waals surface area contributed by atoms with Gasteiger partial charge in [-0.2, -0.15) is 4.98 Å². The Bertz CT molecular complexity index is 933. The number of hydrogen-bond donors (Lipinski definition) is 3. The van der Waals surface area contributed by atoms with Crippen LogP contribution in [0.25, 0.3) is 10.9 Å². The number of hydrogen-bond acceptors (Lipinski definition) is 5. The van der Waals surface area contributed by atoms with Crippen molar-refractivity contribution < 1.29 is 4.79 Å². The number of aromatic nitrogens is 3. The zero-order chi connectivity index (χ0) is 19.2. The van der Waals surface area contributed by atoms with E-state index in [4.69, 9.17) is 0 Å². The molecule has 0 bridgehead atoms. The molecule has 0 aliphatic carbocycles. The SMILES string of the molecule is CCNc1cc(C)nc(NCCNC(=O)Cc2cn(C)c3ccccc23)n1. The molecule has 1 amide bonds. The molecule has 3 aromatic rings. The Kier molecular flexibility index (Phi) is 5.90. The van der Waals surface area contributed by atoms with Gasteiger partial charge in [-0.1, -0.05) is 18.2 Å². The first kappa shape index (κ1) is 18.7. The Morgan fingerprint density at radius 3 is 2.78 bits per heavy atom. The van der Waals surface area contributed by atoms with Crippen molar-refractivity contribution in [1.29, 1.82) is 0 Å². The molecule has 2 heterocycles. The summed E-state index contributed by atoms with van der Waals surface area (Å²) >= 11 is 0. The van der Waals surface area contributed by atoms with Crippen molar-refractivity contribution in [1.82, 2.24) is 19.9 Å². The molecule has 27 heavy (non-hydrogen) atoms. The predicted octanol–water partition coefficient (Wildman–Crippen LogP) is 2.48. The summed E-state index contributed by atoms with van der Waals surface area (Å²) in [4.78, 5) is 21.0. The van der Waals surface area contributed by atoms with Crippen LogP contribution < -0.4 is 16.0 Å². The molecule has 7 nitrogen and oxygen atoms in total. The molecule has 0 unspecified atom stereocenters. The van der Waals surface area contributed by atoms with Crippen LogP contribution in [0.2, 0.25) is 0 Å². The average molecular weight is 366 g/mol. The van der Waals surface area contributed by atoms with Crippen LogP contribution in [0.4, 0.5) is 11.8 Å². The van der Waals surface area contributed by atoms with Crippen molar-refractivity contribution in [2.24, 2.45) is 7.05 Å². The number of aryl methyl sites for hydroxylation is 2. The zero-order valence-corrected chi connectivity index (χ0v) is 16.0. The summed E-state index contributed by atoms with van der Waals surface area (Å²) in [6.45, 7) is 5.84. The van der Waals surface area contributed by atoms with Gasteiger partial charge in [0.05, 0.1) is 6.42 Å². The molecule has 0 saturated carbocycles. The van der Waals surface area contributed by atoms with E-state index in [0.717, 1.165) is 34.5 Å². The first-order valence-corrected chi connectivity index (χ1v) is 9.20. The van der Waals surface area contributed by atoms with E-state index < -0.39 is 0 Å². The van der Waals surface area contributed by atoms with Gasteiger partial charge < -0.3 is 20.5 Å². The summed E-state index contributed by atoms with van der Waals surface area (Å²) in [5.74, 6) is 1.37. The summed E-state index contributed by atoms with van der Waals surface area (Å²) in [6, 6.07) is 10.0. The molecule has 0 saturated heterocycles. The highest BCUT2D eigenvalue weighted by Gasteiger charge is 2.10. The number of carbonyl (C=O) groups is 1. The number of anilines is 2. The first-order valence-electron chi connectivity index (χ1n) is 9.20.